The number of alkyl halides is 1. The number of rotatable bonds is 4. The van der Waals surface area contributed by atoms with Crippen molar-refractivity contribution in [3.05, 3.63) is 0 Å². The van der Waals surface area contributed by atoms with Crippen LogP contribution in [-0.2, 0) is 0 Å². The first-order valence-electron chi connectivity index (χ1n) is 5.47. The maximum absolute atomic E-state index is 2.63. The molecule has 1 heterocycles. The van der Waals surface area contributed by atoms with E-state index < -0.39 is 0 Å². The summed E-state index contributed by atoms with van der Waals surface area (Å²) in [5.74, 6) is 0. The highest BCUT2D eigenvalue weighted by molar-refractivity contribution is 14.1. The van der Waals surface area contributed by atoms with E-state index in [4.69, 9.17) is 0 Å². The normalized spacial score (nSPS) is 30.5. The molecule has 0 aromatic carbocycles. The molecule has 1 fully saturated rings. The van der Waals surface area contributed by atoms with Crippen molar-refractivity contribution in [2.24, 2.45) is 0 Å². The van der Waals surface area contributed by atoms with Gasteiger partial charge >= 0.3 is 0 Å². The van der Waals surface area contributed by atoms with Crippen molar-refractivity contribution < 1.29 is 0 Å². The lowest BCUT2D eigenvalue weighted by molar-refractivity contribution is 0.729. The minimum absolute atomic E-state index is 0.201. The molecule has 1 saturated heterocycles. The minimum Gasteiger partial charge on any atom is -0.0826 e. The van der Waals surface area contributed by atoms with E-state index in [2.05, 4.69) is 29.5 Å². The first-order chi connectivity index (χ1) is 5.83. The highest BCUT2D eigenvalue weighted by Crippen LogP contribution is 2.28. The van der Waals surface area contributed by atoms with Crippen molar-refractivity contribution in [2.75, 3.05) is 0 Å². The largest absolute Gasteiger partial charge is 0.0826 e. The quantitative estimate of drug-likeness (QED) is 0.318. The Bertz CT molecular complexity index is 108. The monoisotopic (exact) mass is 296 g/mol. The maximum Gasteiger partial charge on any atom is 0.0368 e. The molecule has 0 saturated carbocycles. The molecule has 0 spiro atoms. The van der Waals surface area contributed by atoms with E-state index in [9.17, 15) is 0 Å². The molecule has 0 aliphatic carbocycles. The summed E-state index contributed by atoms with van der Waals surface area (Å²) in [5.41, 5.74) is 0. The molecular formula is C10H21ISi. The summed E-state index contributed by atoms with van der Waals surface area (Å²) < 4.78 is 1.03. The molecule has 0 amide bonds. The Hall–Kier alpha value is 0.947. The van der Waals surface area contributed by atoms with Crippen LogP contribution in [0.4, 0.5) is 0 Å². The van der Waals surface area contributed by atoms with E-state index in [1.807, 2.05) is 0 Å². The Balaban J connectivity index is 2.01. The van der Waals surface area contributed by atoms with Crippen LogP contribution in [-0.4, -0.2) is 12.7 Å². The highest BCUT2D eigenvalue weighted by Gasteiger charge is 2.19. The lowest BCUT2D eigenvalue weighted by Crippen LogP contribution is -2.20. The Labute approximate surface area is 92.3 Å². The van der Waals surface area contributed by atoms with Crippen LogP contribution in [0.5, 0.6) is 0 Å². The molecule has 0 unspecified atom stereocenters. The molecule has 0 radical (unpaired) electrons. The van der Waals surface area contributed by atoms with Crippen LogP contribution in [0.2, 0.25) is 18.1 Å². The predicted octanol–water partition coefficient (Wildman–Crippen LogP) is 4.00. The van der Waals surface area contributed by atoms with E-state index in [1.165, 1.54) is 12.8 Å². The average Bonchev–Trinajstić information content (AvgIpc) is 2.09. The fourth-order valence-electron chi connectivity index (χ4n) is 2.09. The lowest BCUT2D eigenvalue weighted by Gasteiger charge is -2.23. The van der Waals surface area contributed by atoms with E-state index in [0.29, 0.717) is 0 Å². The van der Waals surface area contributed by atoms with Gasteiger partial charge < -0.3 is 0 Å². The molecule has 0 bridgehead atoms. The standard InChI is InChI=1S/C10H21ISi/c1-2-3-4-7-12-8-5-10(11)6-9-12/h10,12H,2-9H2,1H3. The van der Waals surface area contributed by atoms with Crippen LogP contribution in [0.3, 0.4) is 0 Å². The molecule has 1 aliphatic rings. The molecule has 2 heteroatoms. The fraction of sp³-hybridized carbons (Fsp3) is 1.00. The van der Waals surface area contributed by atoms with Gasteiger partial charge in [-0.1, -0.05) is 66.9 Å². The second-order valence-corrected chi connectivity index (χ2v) is 9.34. The van der Waals surface area contributed by atoms with Crippen molar-refractivity contribution >= 4 is 31.4 Å². The number of hydrogen-bond acceptors (Lipinski definition) is 0. The smallest absolute Gasteiger partial charge is 0.0368 e. The maximum atomic E-state index is 2.63. The van der Waals surface area contributed by atoms with Crippen molar-refractivity contribution in [1.82, 2.24) is 0 Å². The summed E-state index contributed by atoms with van der Waals surface area (Å²) in [5, 5.41) is 0. The number of hydrogen-bond donors (Lipinski definition) is 0. The molecule has 1 rings (SSSR count). The first kappa shape index (κ1) is 11.0. The van der Waals surface area contributed by atoms with Gasteiger partial charge in [0.1, 0.15) is 0 Å². The van der Waals surface area contributed by atoms with Gasteiger partial charge in [-0.3, -0.25) is 0 Å². The third kappa shape index (κ3) is 4.26. The van der Waals surface area contributed by atoms with Gasteiger partial charge in [0.15, 0.2) is 0 Å². The summed E-state index contributed by atoms with van der Waals surface area (Å²) >= 11 is 2.63. The van der Waals surface area contributed by atoms with Crippen molar-refractivity contribution in [2.45, 2.75) is 61.1 Å². The average molecular weight is 296 g/mol. The van der Waals surface area contributed by atoms with Gasteiger partial charge in [0, 0.05) is 12.7 Å². The van der Waals surface area contributed by atoms with E-state index in [-0.39, 0.29) is 8.80 Å². The summed E-state index contributed by atoms with van der Waals surface area (Å²) in [6.45, 7) is 2.31. The molecule has 1 aliphatic heterocycles. The Morgan fingerprint density at radius 1 is 1.25 bits per heavy atom. The molecule has 0 aromatic rings. The van der Waals surface area contributed by atoms with Crippen LogP contribution in [0, 0.1) is 0 Å². The molecule has 72 valence electrons. The molecule has 0 atom stereocenters. The first-order valence-corrected chi connectivity index (χ1v) is 9.16. The predicted molar refractivity (Wildman–Crippen MR) is 68.1 cm³/mol. The zero-order valence-electron chi connectivity index (χ0n) is 8.19. The molecule has 12 heavy (non-hydrogen) atoms. The molecule has 0 nitrogen and oxygen atoms in total. The number of halogens is 1. The van der Waals surface area contributed by atoms with Crippen LogP contribution >= 0.6 is 22.6 Å². The van der Waals surface area contributed by atoms with Gasteiger partial charge in [-0.05, 0) is 12.8 Å². The summed E-state index contributed by atoms with van der Waals surface area (Å²) in [6.07, 6.45) is 7.51. The lowest BCUT2D eigenvalue weighted by atomic mass is 10.3. The van der Waals surface area contributed by atoms with Gasteiger partial charge in [0.2, 0.25) is 0 Å². The van der Waals surface area contributed by atoms with Gasteiger partial charge in [-0.15, -0.1) is 0 Å². The highest BCUT2D eigenvalue weighted by atomic mass is 127. The van der Waals surface area contributed by atoms with Crippen LogP contribution in [0.15, 0.2) is 0 Å². The summed E-state index contributed by atoms with van der Waals surface area (Å²) in [6, 6.07) is 4.95. The topological polar surface area (TPSA) is 0 Å². The zero-order chi connectivity index (χ0) is 8.81. The van der Waals surface area contributed by atoms with E-state index >= 15 is 0 Å². The van der Waals surface area contributed by atoms with Gasteiger partial charge in [0.05, 0.1) is 0 Å². The molecule has 0 aromatic heterocycles. The zero-order valence-corrected chi connectivity index (χ0v) is 11.5. The van der Waals surface area contributed by atoms with E-state index in [1.54, 1.807) is 37.4 Å². The Morgan fingerprint density at radius 2 is 1.92 bits per heavy atom. The van der Waals surface area contributed by atoms with Crippen LogP contribution < -0.4 is 0 Å². The molecular weight excluding hydrogens is 275 g/mol. The van der Waals surface area contributed by atoms with Crippen molar-refractivity contribution in [3.8, 4) is 0 Å². The van der Waals surface area contributed by atoms with Crippen molar-refractivity contribution in [1.29, 1.82) is 0 Å². The second-order valence-electron chi connectivity index (χ2n) is 4.11. The fourth-order valence-corrected chi connectivity index (χ4v) is 7.65. The van der Waals surface area contributed by atoms with Gasteiger partial charge in [0.25, 0.3) is 0 Å². The Morgan fingerprint density at radius 3 is 2.50 bits per heavy atom. The van der Waals surface area contributed by atoms with Crippen molar-refractivity contribution in [3.63, 3.8) is 0 Å². The van der Waals surface area contributed by atoms with Crippen LogP contribution in [0.25, 0.3) is 0 Å². The molecule has 0 N–H and O–H groups in total. The van der Waals surface area contributed by atoms with Crippen LogP contribution in [0.1, 0.15) is 39.0 Å². The SMILES string of the molecule is CCCCC[SiH]1CCC(I)CC1. The second kappa shape index (κ2) is 6.41. The van der Waals surface area contributed by atoms with E-state index in [0.717, 1.165) is 3.92 Å². The summed E-state index contributed by atoms with van der Waals surface area (Å²) in [7, 11) is -0.201. The summed E-state index contributed by atoms with van der Waals surface area (Å²) in [4.78, 5) is 0. The Kier molecular flexibility index (Phi) is 5.89. The van der Waals surface area contributed by atoms with Gasteiger partial charge in [-0.2, -0.15) is 0 Å². The van der Waals surface area contributed by atoms with Gasteiger partial charge in [-0.25, -0.2) is 0 Å². The number of unbranched alkanes of at least 4 members (excludes halogenated alkanes) is 2. The minimum atomic E-state index is -0.201. The third-order valence-corrected chi connectivity index (χ3v) is 7.76. The third-order valence-electron chi connectivity index (χ3n) is 2.99.